The van der Waals surface area contributed by atoms with Gasteiger partial charge in [0, 0.05) is 6.42 Å². The molecule has 0 aliphatic carbocycles. The van der Waals surface area contributed by atoms with Crippen molar-refractivity contribution in [3.8, 4) is 0 Å². The molecule has 0 aliphatic rings. The number of carbonyl (C=O) groups is 2. The molecule has 0 aromatic heterocycles. The maximum absolute atomic E-state index is 11.6. The van der Waals surface area contributed by atoms with Crippen molar-refractivity contribution in [3.05, 3.63) is 35.4 Å². The predicted octanol–water partition coefficient (Wildman–Crippen LogP) is 1.91. The van der Waals surface area contributed by atoms with Crippen molar-refractivity contribution in [2.24, 2.45) is 0 Å². The number of carboxylic acid groups (broad SMARTS) is 1. The Bertz CT molecular complexity index is 412. The summed E-state index contributed by atoms with van der Waals surface area (Å²) in [6.07, 6.45) is 1.33. The van der Waals surface area contributed by atoms with Crippen LogP contribution in [0.2, 0.25) is 0 Å². The van der Waals surface area contributed by atoms with E-state index in [1.165, 1.54) is 5.56 Å². The zero-order valence-electron chi connectivity index (χ0n) is 10.8. The van der Waals surface area contributed by atoms with Gasteiger partial charge >= 0.3 is 5.97 Å². The fraction of sp³-hybridized carbons (Fsp3) is 0.429. The van der Waals surface area contributed by atoms with E-state index in [-0.39, 0.29) is 5.91 Å². The normalized spacial score (nSPS) is 11.9. The first-order chi connectivity index (χ1) is 8.52. The van der Waals surface area contributed by atoms with Crippen LogP contribution in [0.5, 0.6) is 0 Å². The summed E-state index contributed by atoms with van der Waals surface area (Å²) < 4.78 is 0. The van der Waals surface area contributed by atoms with E-state index < -0.39 is 12.0 Å². The zero-order valence-corrected chi connectivity index (χ0v) is 10.8. The van der Waals surface area contributed by atoms with Gasteiger partial charge in [0.15, 0.2) is 0 Å². The first kappa shape index (κ1) is 14.2. The first-order valence-corrected chi connectivity index (χ1v) is 6.10. The maximum atomic E-state index is 11.6. The van der Waals surface area contributed by atoms with E-state index in [9.17, 15) is 9.59 Å². The molecular weight excluding hydrogens is 230 g/mol. The van der Waals surface area contributed by atoms with Crippen LogP contribution in [0.4, 0.5) is 0 Å². The van der Waals surface area contributed by atoms with Gasteiger partial charge in [0.1, 0.15) is 6.04 Å². The third-order valence-corrected chi connectivity index (χ3v) is 2.80. The van der Waals surface area contributed by atoms with Crippen molar-refractivity contribution < 1.29 is 14.7 Å². The maximum Gasteiger partial charge on any atom is 0.326 e. The molecule has 0 spiro atoms. The quantitative estimate of drug-likeness (QED) is 0.809. The largest absolute Gasteiger partial charge is 0.480 e. The molecule has 0 bridgehead atoms. The molecule has 98 valence electrons. The van der Waals surface area contributed by atoms with Crippen molar-refractivity contribution in [2.75, 3.05) is 0 Å². The lowest BCUT2D eigenvalue weighted by Crippen LogP contribution is -2.40. The van der Waals surface area contributed by atoms with Gasteiger partial charge in [-0.3, -0.25) is 4.79 Å². The van der Waals surface area contributed by atoms with Gasteiger partial charge in [-0.2, -0.15) is 0 Å². The summed E-state index contributed by atoms with van der Waals surface area (Å²) in [6, 6.07) is 7.18. The molecule has 1 amide bonds. The number of rotatable bonds is 6. The number of carbonyl (C=O) groups excluding carboxylic acids is 1. The van der Waals surface area contributed by atoms with Crippen LogP contribution in [0.15, 0.2) is 24.3 Å². The molecule has 18 heavy (non-hydrogen) atoms. The molecular formula is C14H19NO3. The Morgan fingerprint density at radius 1 is 1.28 bits per heavy atom. The second kappa shape index (κ2) is 6.79. The minimum Gasteiger partial charge on any atom is -0.480 e. The van der Waals surface area contributed by atoms with E-state index >= 15 is 0 Å². The van der Waals surface area contributed by atoms with Gasteiger partial charge in [0.2, 0.25) is 5.91 Å². The minimum absolute atomic E-state index is 0.218. The Morgan fingerprint density at radius 3 is 2.39 bits per heavy atom. The fourth-order valence-corrected chi connectivity index (χ4v) is 1.62. The minimum atomic E-state index is -0.985. The highest BCUT2D eigenvalue weighted by molar-refractivity contribution is 5.83. The molecule has 1 rings (SSSR count). The molecule has 0 radical (unpaired) electrons. The van der Waals surface area contributed by atoms with Gasteiger partial charge in [-0.15, -0.1) is 0 Å². The molecule has 0 saturated heterocycles. The summed E-state index contributed by atoms with van der Waals surface area (Å²) in [4.78, 5) is 22.3. The monoisotopic (exact) mass is 249 g/mol. The van der Waals surface area contributed by atoms with Crippen LogP contribution in [0.3, 0.4) is 0 Å². The topological polar surface area (TPSA) is 66.4 Å². The van der Waals surface area contributed by atoms with Crippen LogP contribution in [-0.4, -0.2) is 23.0 Å². The van der Waals surface area contributed by atoms with Crippen LogP contribution in [0, 0.1) is 6.92 Å². The number of amides is 1. The second-order valence-electron chi connectivity index (χ2n) is 4.35. The van der Waals surface area contributed by atoms with Gasteiger partial charge in [-0.25, -0.2) is 4.79 Å². The Balaban J connectivity index is 2.41. The highest BCUT2D eigenvalue weighted by atomic mass is 16.4. The summed E-state index contributed by atoms with van der Waals surface area (Å²) in [6.45, 7) is 3.74. The molecule has 0 aliphatic heterocycles. The van der Waals surface area contributed by atoms with Crippen molar-refractivity contribution in [1.29, 1.82) is 0 Å². The first-order valence-electron chi connectivity index (χ1n) is 6.10. The van der Waals surface area contributed by atoms with E-state index in [0.717, 1.165) is 5.56 Å². The van der Waals surface area contributed by atoms with Crippen molar-refractivity contribution >= 4 is 11.9 Å². The van der Waals surface area contributed by atoms with Gasteiger partial charge < -0.3 is 10.4 Å². The highest BCUT2D eigenvalue weighted by Gasteiger charge is 2.16. The average Bonchev–Trinajstić information content (AvgIpc) is 2.35. The Morgan fingerprint density at radius 2 is 1.89 bits per heavy atom. The van der Waals surface area contributed by atoms with Gasteiger partial charge in [-0.05, 0) is 25.3 Å². The molecule has 1 aromatic carbocycles. The summed E-state index contributed by atoms with van der Waals surface area (Å²) in [5, 5.41) is 11.3. The number of nitrogens with one attached hydrogen (secondary N) is 1. The summed E-state index contributed by atoms with van der Waals surface area (Å²) in [7, 11) is 0. The number of hydrogen-bond acceptors (Lipinski definition) is 2. The number of aryl methyl sites for hydroxylation is 2. The third-order valence-electron chi connectivity index (χ3n) is 2.80. The SMILES string of the molecule is CC[C@H](NC(=O)CCc1ccc(C)cc1)C(=O)O. The van der Waals surface area contributed by atoms with E-state index in [2.05, 4.69) is 5.32 Å². The van der Waals surface area contributed by atoms with Crippen LogP contribution in [0.25, 0.3) is 0 Å². The molecule has 0 heterocycles. The van der Waals surface area contributed by atoms with Crippen molar-refractivity contribution in [3.63, 3.8) is 0 Å². The van der Waals surface area contributed by atoms with Crippen LogP contribution in [-0.2, 0) is 16.0 Å². The van der Waals surface area contributed by atoms with Crippen LogP contribution < -0.4 is 5.32 Å². The summed E-state index contributed by atoms with van der Waals surface area (Å²) >= 11 is 0. The molecule has 4 heteroatoms. The van der Waals surface area contributed by atoms with Crippen molar-refractivity contribution in [1.82, 2.24) is 5.32 Å². The molecule has 0 saturated carbocycles. The molecule has 2 N–H and O–H groups in total. The summed E-state index contributed by atoms with van der Waals surface area (Å²) in [5.74, 6) is -1.20. The zero-order chi connectivity index (χ0) is 13.5. The predicted molar refractivity (Wildman–Crippen MR) is 69.4 cm³/mol. The molecule has 4 nitrogen and oxygen atoms in total. The second-order valence-corrected chi connectivity index (χ2v) is 4.35. The average molecular weight is 249 g/mol. The molecule has 0 fully saturated rings. The van der Waals surface area contributed by atoms with E-state index in [1.54, 1.807) is 6.92 Å². The third kappa shape index (κ3) is 4.57. The molecule has 0 unspecified atom stereocenters. The smallest absolute Gasteiger partial charge is 0.326 e. The lowest BCUT2D eigenvalue weighted by Gasteiger charge is -2.12. The van der Waals surface area contributed by atoms with Gasteiger partial charge in [0.25, 0.3) is 0 Å². The van der Waals surface area contributed by atoms with Gasteiger partial charge in [-0.1, -0.05) is 36.8 Å². The van der Waals surface area contributed by atoms with E-state index in [0.29, 0.717) is 19.3 Å². The Labute approximate surface area is 107 Å². The number of aliphatic carboxylic acids is 1. The number of benzene rings is 1. The standard InChI is InChI=1S/C14H19NO3/c1-3-12(14(17)18)15-13(16)9-8-11-6-4-10(2)5-7-11/h4-7,12H,3,8-9H2,1-2H3,(H,15,16)(H,17,18)/t12-/m0/s1. The Hall–Kier alpha value is -1.84. The highest BCUT2D eigenvalue weighted by Crippen LogP contribution is 2.06. The lowest BCUT2D eigenvalue weighted by atomic mass is 10.1. The van der Waals surface area contributed by atoms with Crippen molar-refractivity contribution in [2.45, 2.75) is 39.2 Å². The van der Waals surface area contributed by atoms with Crippen LogP contribution in [0.1, 0.15) is 30.9 Å². The molecule has 1 aromatic rings. The molecule has 1 atom stereocenters. The van der Waals surface area contributed by atoms with E-state index in [1.807, 2.05) is 31.2 Å². The van der Waals surface area contributed by atoms with E-state index in [4.69, 9.17) is 5.11 Å². The number of carboxylic acids is 1. The fourth-order valence-electron chi connectivity index (χ4n) is 1.62. The Kier molecular flexibility index (Phi) is 5.36. The van der Waals surface area contributed by atoms with Gasteiger partial charge in [0.05, 0.1) is 0 Å². The van der Waals surface area contributed by atoms with Crippen LogP contribution >= 0.6 is 0 Å². The lowest BCUT2D eigenvalue weighted by molar-refractivity contribution is -0.141. The number of hydrogen-bond donors (Lipinski definition) is 2. The summed E-state index contributed by atoms with van der Waals surface area (Å²) in [5.41, 5.74) is 2.26.